The summed E-state index contributed by atoms with van der Waals surface area (Å²) in [5.74, 6) is 1.77. The number of ether oxygens (including phenoxy) is 3. The summed E-state index contributed by atoms with van der Waals surface area (Å²) in [6.45, 7) is 2.69. The minimum atomic E-state index is -0.200. The number of hydrogen-bond acceptors (Lipinski definition) is 6. The van der Waals surface area contributed by atoms with Gasteiger partial charge in [0.2, 0.25) is 6.79 Å². The van der Waals surface area contributed by atoms with Gasteiger partial charge in [0.05, 0.1) is 11.1 Å². The molecule has 0 N–H and O–H groups in total. The zero-order chi connectivity index (χ0) is 19.5. The minimum Gasteiger partial charge on any atom is -0.492 e. The van der Waals surface area contributed by atoms with E-state index in [1.54, 1.807) is 24.3 Å². The zero-order valence-corrected chi connectivity index (χ0v) is 15.7. The van der Waals surface area contributed by atoms with Crippen molar-refractivity contribution >= 4 is 11.8 Å². The number of benzene rings is 2. The quantitative estimate of drug-likeness (QED) is 0.653. The third-order valence-electron chi connectivity index (χ3n) is 4.89. The van der Waals surface area contributed by atoms with Crippen LogP contribution in [-0.2, 0) is 0 Å². The van der Waals surface area contributed by atoms with E-state index in [0.717, 1.165) is 24.6 Å². The van der Waals surface area contributed by atoms with Gasteiger partial charge in [-0.25, -0.2) is 0 Å². The van der Waals surface area contributed by atoms with Gasteiger partial charge in [-0.15, -0.1) is 0 Å². The highest BCUT2D eigenvalue weighted by Gasteiger charge is 2.34. The fourth-order valence-electron chi connectivity index (χ4n) is 3.34. The molecule has 2 amide bonds. The molecule has 0 unspecified atom stereocenters. The average molecular weight is 382 g/mol. The third-order valence-corrected chi connectivity index (χ3v) is 4.89. The van der Waals surface area contributed by atoms with Gasteiger partial charge in [-0.3, -0.25) is 14.5 Å². The van der Waals surface area contributed by atoms with Crippen molar-refractivity contribution in [3.63, 3.8) is 0 Å². The Labute approximate surface area is 163 Å². The summed E-state index contributed by atoms with van der Waals surface area (Å²) in [6.07, 6.45) is 0.714. The van der Waals surface area contributed by atoms with Crippen molar-refractivity contribution in [2.24, 2.45) is 0 Å². The predicted molar refractivity (Wildman–Crippen MR) is 102 cm³/mol. The third kappa shape index (κ3) is 3.66. The van der Waals surface area contributed by atoms with Crippen LogP contribution in [0.25, 0.3) is 0 Å². The van der Waals surface area contributed by atoms with E-state index in [2.05, 4.69) is 4.90 Å². The first-order chi connectivity index (χ1) is 13.6. The summed E-state index contributed by atoms with van der Waals surface area (Å²) in [6, 6.07) is 12.5. The molecule has 0 bridgehead atoms. The Morgan fingerprint density at radius 3 is 2.46 bits per heavy atom. The molecule has 2 heterocycles. The molecule has 2 aliphatic rings. The van der Waals surface area contributed by atoms with Crippen LogP contribution in [0.2, 0.25) is 0 Å². The first-order valence-corrected chi connectivity index (χ1v) is 9.30. The van der Waals surface area contributed by atoms with Crippen LogP contribution in [0.5, 0.6) is 17.2 Å². The van der Waals surface area contributed by atoms with Crippen molar-refractivity contribution in [2.45, 2.75) is 6.42 Å². The molecule has 2 aliphatic heterocycles. The van der Waals surface area contributed by atoms with E-state index in [1.165, 1.54) is 4.90 Å². The van der Waals surface area contributed by atoms with Gasteiger partial charge in [0.15, 0.2) is 11.5 Å². The molecule has 2 aromatic carbocycles. The van der Waals surface area contributed by atoms with Crippen molar-refractivity contribution < 1.29 is 23.8 Å². The number of likely N-dealkylation sites (N-methyl/N-ethyl adjacent to an activating group) is 1. The zero-order valence-electron chi connectivity index (χ0n) is 15.7. The fourth-order valence-corrected chi connectivity index (χ4v) is 3.34. The van der Waals surface area contributed by atoms with E-state index in [-0.39, 0.29) is 18.6 Å². The normalized spacial score (nSPS) is 14.7. The lowest BCUT2D eigenvalue weighted by molar-refractivity contribution is 0.0647. The number of nitrogens with zero attached hydrogens (tertiary/aromatic N) is 2. The van der Waals surface area contributed by atoms with Crippen molar-refractivity contribution in [3.8, 4) is 17.2 Å². The summed E-state index contributed by atoms with van der Waals surface area (Å²) in [7, 11) is 1.99. The Morgan fingerprint density at radius 1 is 1.00 bits per heavy atom. The van der Waals surface area contributed by atoms with Crippen molar-refractivity contribution in [1.29, 1.82) is 0 Å². The van der Waals surface area contributed by atoms with E-state index in [1.807, 2.05) is 25.2 Å². The lowest BCUT2D eigenvalue weighted by Gasteiger charge is -2.19. The first-order valence-electron chi connectivity index (χ1n) is 9.30. The number of imide groups is 1. The molecule has 0 spiro atoms. The molecular formula is C21H22N2O5. The van der Waals surface area contributed by atoms with Crippen LogP contribution in [0.1, 0.15) is 27.1 Å². The topological polar surface area (TPSA) is 68.3 Å². The highest BCUT2D eigenvalue weighted by atomic mass is 16.7. The van der Waals surface area contributed by atoms with Gasteiger partial charge in [-0.1, -0.05) is 12.1 Å². The molecule has 0 aliphatic carbocycles. The van der Waals surface area contributed by atoms with Gasteiger partial charge < -0.3 is 19.1 Å². The highest BCUT2D eigenvalue weighted by molar-refractivity contribution is 6.21. The van der Waals surface area contributed by atoms with Crippen LogP contribution in [0.3, 0.4) is 0 Å². The molecule has 28 heavy (non-hydrogen) atoms. The number of carbonyl (C=O) groups is 2. The van der Waals surface area contributed by atoms with Gasteiger partial charge in [0.25, 0.3) is 11.8 Å². The Balaban J connectivity index is 1.19. The summed E-state index contributed by atoms with van der Waals surface area (Å²) >= 11 is 0. The Hall–Kier alpha value is -3.06. The monoisotopic (exact) mass is 382 g/mol. The molecule has 0 saturated heterocycles. The summed E-state index contributed by atoms with van der Waals surface area (Å²) < 4.78 is 16.4. The standard InChI is InChI=1S/C21H22N2O5/c1-22(11-12-26-15-7-8-18-19(13-15)28-14-27-18)9-4-10-23-20(24)16-5-2-3-6-17(16)21(23)25/h2-3,5-8,13H,4,9-12,14H2,1H3. The minimum absolute atomic E-state index is 0.200. The van der Waals surface area contributed by atoms with Crippen LogP contribution in [-0.4, -0.2) is 61.7 Å². The van der Waals surface area contributed by atoms with E-state index in [4.69, 9.17) is 14.2 Å². The number of amides is 2. The fraction of sp³-hybridized carbons (Fsp3) is 0.333. The number of carbonyl (C=O) groups excluding carboxylic acids is 2. The molecule has 0 atom stereocenters. The number of hydrogen-bond donors (Lipinski definition) is 0. The maximum atomic E-state index is 12.3. The number of fused-ring (bicyclic) bond motifs is 2. The van der Waals surface area contributed by atoms with Crippen LogP contribution in [0.15, 0.2) is 42.5 Å². The van der Waals surface area contributed by atoms with Crippen LogP contribution in [0, 0.1) is 0 Å². The maximum Gasteiger partial charge on any atom is 0.261 e. The molecule has 7 heteroatoms. The average Bonchev–Trinajstić information content (AvgIpc) is 3.26. The van der Waals surface area contributed by atoms with Crippen LogP contribution in [0.4, 0.5) is 0 Å². The van der Waals surface area contributed by atoms with E-state index in [9.17, 15) is 9.59 Å². The molecular weight excluding hydrogens is 360 g/mol. The van der Waals surface area contributed by atoms with Gasteiger partial charge in [-0.05, 0) is 44.3 Å². The van der Waals surface area contributed by atoms with Crippen LogP contribution < -0.4 is 14.2 Å². The number of rotatable bonds is 8. The lowest BCUT2D eigenvalue weighted by atomic mass is 10.1. The second-order valence-corrected chi connectivity index (χ2v) is 6.83. The Kier molecular flexibility index (Phi) is 5.16. The van der Waals surface area contributed by atoms with Gasteiger partial charge >= 0.3 is 0 Å². The molecule has 0 fully saturated rings. The molecule has 146 valence electrons. The Morgan fingerprint density at radius 2 is 1.71 bits per heavy atom. The second kappa shape index (κ2) is 7.90. The molecule has 0 radical (unpaired) electrons. The smallest absolute Gasteiger partial charge is 0.261 e. The maximum absolute atomic E-state index is 12.3. The van der Waals surface area contributed by atoms with Crippen LogP contribution >= 0.6 is 0 Å². The van der Waals surface area contributed by atoms with E-state index >= 15 is 0 Å². The second-order valence-electron chi connectivity index (χ2n) is 6.83. The van der Waals surface area contributed by atoms with Gasteiger partial charge in [0.1, 0.15) is 12.4 Å². The van der Waals surface area contributed by atoms with Gasteiger partial charge in [0, 0.05) is 19.2 Å². The first kappa shape index (κ1) is 18.3. The molecule has 0 aromatic heterocycles. The summed E-state index contributed by atoms with van der Waals surface area (Å²) in [5, 5.41) is 0. The van der Waals surface area contributed by atoms with Crippen molar-refractivity contribution in [1.82, 2.24) is 9.80 Å². The summed E-state index contributed by atoms with van der Waals surface area (Å²) in [5.41, 5.74) is 0.996. The molecule has 2 aromatic rings. The van der Waals surface area contributed by atoms with E-state index < -0.39 is 0 Å². The summed E-state index contributed by atoms with van der Waals surface area (Å²) in [4.78, 5) is 28.1. The SMILES string of the molecule is CN(CCCN1C(=O)c2ccccc2C1=O)CCOc1ccc2c(c1)OCO2. The largest absolute Gasteiger partial charge is 0.492 e. The molecule has 4 rings (SSSR count). The lowest BCUT2D eigenvalue weighted by Crippen LogP contribution is -2.33. The predicted octanol–water partition coefficient (Wildman–Crippen LogP) is 2.41. The van der Waals surface area contributed by atoms with Crippen molar-refractivity contribution in [3.05, 3.63) is 53.6 Å². The highest BCUT2D eigenvalue weighted by Crippen LogP contribution is 2.35. The Bertz CT molecular complexity index is 863. The molecule has 0 saturated carbocycles. The van der Waals surface area contributed by atoms with Crippen molar-refractivity contribution in [2.75, 3.05) is 40.1 Å². The van der Waals surface area contributed by atoms with E-state index in [0.29, 0.717) is 36.4 Å². The van der Waals surface area contributed by atoms with Gasteiger partial charge in [-0.2, -0.15) is 0 Å². The molecule has 7 nitrogen and oxygen atoms in total.